The van der Waals surface area contributed by atoms with Crippen LogP contribution in [0.25, 0.3) is 0 Å². The average Bonchev–Trinajstić information content (AvgIpc) is 3.50. The van der Waals surface area contributed by atoms with Gasteiger partial charge in [0, 0.05) is 32.2 Å². The number of hydrogen-bond acceptors (Lipinski definition) is 6. The summed E-state index contributed by atoms with van der Waals surface area (Å²) in [6, 6.07) is 9.02. The van der Waals surface area contributed by atoms with Crippen LogP contribution < -0.4 is 5.73 Å². The molecule has 0 atom stereocenters. The van der Waals surface area contributed by atoms with Crippen molar-refractivity contribution in [1.29, 1.82) is 0 Å². The first kappa shape index (κ1) is 18.7. The maximum absolute atomic E-state index is 13.3. The van der Waals surface area contributed by atoms with Gasteiger partial charge in [-0.25, -0.2) is 4.99 Å². The van der Waals surface area contributed by atoms with E-state index in [1.807, 2.05) is 27.8 Å². The van der Waals surface area contributed by atoms with E-state index in [4.69, 9.17) is 10.2 Å². The number of carbonyl (C=O) groups excluding carboxylic acids is 1. The molecule has 0 unspecified atom stereocenters. The number of aliphatic imine (C=N–C) groups is 1. The Bertz CT molecular complexity index is 894. The number of thiophene rings is 2. The number of nitrogens with zero attached hydrogens (tertiary/aromatic N) is 3. The second-order valence-electron chi connectivity index (χ2n) is 6.40. The van der Waals surface area contributed by atoms with Gasteiger partial charge in [0.05, 0.1) is 16.0 Å². The van der Waals surface area contributed by atoms with Crippen LogP contribution in [-0.2, 0) is 10.4 Å². The Labute approximate surface area is 170 Å². The molecule has 3 aromatic rings. The van der Waals surface area contributed by atoms with Crippen LogP contribution in [0.1, 0.15) is 9.75 Å². The van der Waals surface area contributed by atoms with E-state index in [9.17, 15) is 9.90 Å². The van der Waals surface area contributed by atoms with Gasteiger partial charge < -0.3 is 25.1 Å². The summed E-state index contributed by atoms with van der Waals surface area (Å²) in [6.45, 7) is 2.01. The summed E-state index contributed by atoms with van der Waals surface area (Å²) in [4.78, 5) is 22.5. The highest BCUT2D eigenvalue weighted by atomic mass is 32.1. The van der Waals surface area contributed by atoms with Crippen LogP contribution in [0.2, 0.25) is 0 Å². The van der Waals surface area contributed by atoms with Gasteiger partial charge in [0.25, 0.3) is 5.91 Å². The molecule has 7 nitrogen and oxygen atoms in total. The van der Waals surface area contributed by atoms with Crippen LogP contribution in [0.15, 0.2) is 63.0 Å². The van der Waals surface area contributed by atoms with Crippen LogP contribution in [0.3, 0.4) is 0 Å². The first-order valence-corrected chi connectivity index (χ1v) is 10.6. The number of nitrogens with two attached hydrogens (primary N) is 1. The molecule has 1 saturated heterocycles. The predicted molar refractivity (Wildman–Crippen MR) is 110 cm³/mol. The monoisotopic (exact) mass is 416 g/mol. The maximum Gasteiger partial charge on any atom is 0.265 e. The molecule has 1 aliphatic rings. The molecule has 146 valence electrons. The first-order chi connectivity index (χ1) is 13.6. The zero-order chi connectivity index (χ0) is 19.6. The van der Waals surface area contributed by atoms with Crippen molar-refractivity contribution in [3.05, 3.63) is 63.4 Å². The largest absolute Gasteiger partial charge is 0.470 e. The SMILES string of the molecule is NC(=Nc1ccoc1)N1CCN(C(=O)C(O)(c2cccs2)c2cccs2)CC1. The molecule has 0 bridgehead atoms. The number of hydrogen-bond donors (Lipinski definition) is 2. The number of carbonyl (C=O) groups is 1. The van der Waals surface area contributed by atoms with Gasteiger partial charge in [-0.2, -0.15) is 0 Å². The van der Waals surface area contributed by atoms with E-state index in [2.05, 4.69) is 4.99 Å². The number of aliphatic hydroxyl groups is 1. The Balaban J connectivity index is 1.50. The highest BCUT2D eigenvalue weighted by molar-refractivity contribution is 7.12. The highest BCUT2D eigenvalue weighted by Gasteiger charge is 2.45. The Morgan fingerprint density at radius 1 is 1.07 bits per heavy atom. The van der Waals surface area contributed by atoms with Gasteiger partial charge in [0.15, 0.2) is 5.96 Å². The Morgan fingerprint density at radius 2 is 1.68 bits per heavy atom. The van der Waals surface area contributed by atoms with E-state index in [1.54, 1.807) is 29.4 Å². The molecule has 1 aliphatic heterocycles. The van der Waals surface area contributed by atoms with Crippen molar-refractivity contribution in [1.82, 2.24) is 9.80 Å². The fraction of sp³-hybridized carbons (Fsp3) is 0.263. The third-order valence-electron chi connectivity index (χ3n) is 4.71. The zero-order valence-electron chi connectivity index (χ0n) is 15.0. The van der Waals surface area contributed by atoms with Gasteiger partial charge in [0.1, 0.15) is 12.0 Å². The van der Waals surface area contributed by atoms with Gasteiger partial charge >= 0.3 is 0 Å². The first-order valence-electron chi connectivity index (χ1n) is 8.80. The number of guanidine groups is 1. The number of amides is 1. The summed E-state index contributed by atoms with van der Waals surface area (Å²) in [5, 5.41) is 15.2. The van der Waals surface area contributed by atoms with Crippen LogP contribution in [0, 0.1) is 0 Å². The molecule has 4 heterocycles. The molecule has 4 rings (SSSR count). The molecular formula is C19H20N4O3S2. The molecule has 28 heavy (non-hydrogen) atoms. The number of furan rings is 1. The van der Waals surface area contributed by atoms with Gasteiger partial charge in [-0.1, -0.05) is 12.1 Å². The van der Waals surface area contributed by atoms with E-state index >= 15 is 0 Å². The summed E-state index contributed by atoms with van der Waals surface area (Å²) in [6.07, 6.45) is 3.06. The van der Waals surface area contributed by atoms with Crippen LogP contribution in [0.4, 0.5) is 5.69 Å². The van der Waals surface area contributed by atoms with E-state index < -0.39 is 5.60 Å². The second kappa shape index (κ2) is 7.78. The van der Waals surface area contributed by atoms with Crippen molar-refractivity contribution >= 4 is 40.2 Å². The fourth-order valence-electron chi connectivity index (χ4n) is 3.19. The molecule has 1 amide bonds. The minimum Gasteiger partial charge on any atom is -0.470 e. The van der Waals surface area contributed by atoms with Gasteiger partial charge in [-0.3, -0.25) is 4.79 Å². The minimum absolute atomic E-state index is 0.303. The quantitative estimate of drug-likeness (QED) is 0.503. The predicted octanol–water partition coefficient (Wildman–Crippen LogP) is 2.43. The lowest BCUT2D eigenvalue weighted by Crippen LogP contribution is -2.56. The maximum atomic E-state index is 13.3. The molecule has 0 saturated carbocycles. The smallest absolute Gasteiger partial charge is 0.265 e. The van der Waals surface area contributed by atoms with Crippen molar-refractivity contribution in [2.75, 3.05) is 26.2 Å². The number of rotatable bonds is 4. The molecule has 0 aromatic carbocycles. The molecule has 0 spiro atoms. The van der Waals surface area contributed by atoms with Crippen molar-refractivity contribution in [2.24, 2.45) is 10.7 Å². The average molecular weight is 417 g/mol. The molecule has 0 radical (unpaired) electrons. The van der Waals surface area contributed by atoms with Gasteiger partial charge in [0.2, 0.25) is 5.60 Å². The normalized spacial score (nSPS) is 15.8. The molecule has 1 fully saturated rings. The Kier molecular flexibility index (Phi) is 5.21. The lowest BCUT2D eigenvalue weighted by Gasteiger charge is -2.38. The number of piperazine rings is 1. The molecule has 3 aromatic heterocycles. The van der Waals surface area contributed by atoms with Gasteiger partial charge in [-0.15, -0.1) is 22.7 Å². The molecule has 3 N–H and O–H groups in total. The Hall–Kier alpha value is -2.62. The summed E-state index contributed by atoms with van der Waals surface area (Å²) in [5.74, 6) is 0.0858. The lowest BCUT2D eigenvalue weighted by atomic mass is 9.97. The van der Waals surface area contributed by atoms with Crippen LogP contribution in [0.5, 0.6) is 0 Å². The topological polar surface area (TPSA) is 95.3 Å². The lowest BCUT2D eigenvalue weighted by molar-refractivity contribution is -0.148. The van der Waals surface area contributed by atoms with Crippen molar-refractivity contribution in [2.45, 2.75) is 5.60 Å². The van der Waals surface area contributed by atoms with Crippen molar-refractivity contribution in [3.8, 4) is 0 Å². The summed E-state index contributed by atoms with van der Waals surface area (Å²) in [7, 11) is 0. The van der Waals surface area contributed by atoms with E-state index in [0.717, 1.165) is 0 Å². The zero-order valence-corrected chi connectivity index (χ0v) is 16.7. The molecule has 0 aliphatic carbocycles. The third kappa shape index (κ3) is 3.44. The highest BCUT2D eigenvalue weighted by Crippen LogP contribution is 2.37. The summed E-state index contributed by atoms with van der Waals surface area (Å²) in [5.41, 5.74) is 5.09. The fourth-order valence-corrected chi connectivity index (χ4v) is 4.91. The Morgan fingerprint density at radius 3 is 2.18 bits per heavy atom. The standard InChI is InChI=1S/C19H20N4O3S2/c20-18(21-14-5-10-26-13-14)23-8-6-22(7-9-23)17(24)19(25,15-3-1-11-27-15)16-4-2-12-28-16/h1-5,10-13,25H,6-9H2,(H2,20,21). The van der Waals surface area contributed by atoms with E-state index in [-0.39, 0.29) is 5.91 Å². The van der Waals surface area contributed by atoms with Crippen LogP contribution in [-0.4, -0.2) is 53.0 Å². The second-order valence-corrected chi connectivity index (χ2v) is 8.29. The molecular weight excluding hydrogens is 396 g/mol. The summed E-state index contributed by atoms with van der Waals surface area (Å²) >= 11 is 2.76. The summed E-state index contributed by atoms with van der Waals surface area (Å²) < 4.78 is 5.00. The molecule has 9 heteroatoms. The van der Waals surface area contributed by atoms with Gasteiger partial charge in [-0.05, 0) is 22.9 Å². The van der Waals surface area contributed by atoms with Crippen LogP contribution >= 0.6 is 22.7 Å². The van der Waals surface area contributed by atoms with E-state index in [1.165, 1.54) is 28.9 Å². The third-order valence-corrected chi connectivity index (χ3v) is 6.66. The van der Waals surface area contributed by atoms with Crippen molar-refractivity contribution < 1.29 is 14.3 Å². The van der Waals surface area contributed by atoms with Crippen molar-refractivity contribution in [3.63, 3.8) is 0 Å². The van der Waals surface area contributed by atoms with E-state index in [0.29, 0.717) is 47.6 Å². The minimum atomic E-state index is -1.65.